The maximum absolute atomic E-state index is 13.6. The third-order valence-corrected chi connectivity index (χ3v) is 5.74. The van der Waals surface area contributed by atoms with Crippen LogP contribution < -0.4 is 9.64 Å². The number of pyridine rings is 1. The number of ether oxygens (including phenoxy) is 1. The number of methoxy groups -OCH3 is 1. The summed E-state index contributed by atoms with van der Waals surface area (Å²) in [5.41, 5.74) is 2.44. The summed E-state index contributed by atoms with van der Waals surface area (Å²) in [6.07, 6.45) is 5.29. The molecule has 0 N–H and O–H groups in total. The van der Waals surface area contributed by atoms with Crippen molar-refractivity contribution in [2.75, 3.05) is 25.1 Å². The summed E-state index contributed by atoms with van der Waals surface area (Å²) < 4.78 is 19.0. The van der Waals surface area contributed by atoms with Gasteiger partial charge in [0, 0.05) is 43.8 Å². The third kappa shape index (κ3) is 4.91. The Morgan fingerprint density at radius 1 is 1.06 bits per heavy atom. The molecule has 0 radical (unpaired) electrons. The molecule has 0 saturated carbocycles. The van der Waals surface area contributed by atoms with Crippen LogP contribution in [0, 0.1) is 5.82 Å². The molecule has 6 heteroatoms. The van der Waals surface area contributed by atoms with E-state index in [1.165, 1.54) is 17.7 Å². The Morgan fingerprint density at radius 2 is 1.74 bits per heavy atom. The quantitative estimate of drug-likeness (QED) is 0.589. The Kier molecular flexibility index (Phi) is 6.57. The highest BCUT2D eigenvalue weighted by atomic mass is 19.1. The first-order chi connectivity index (χ1) is 15.2. The first kappa shape index (κ1) is 21.0. The maximum atomic E-state index is 13.6. The van der Waals surface area contributed by atoms with E-state index in [4.69, 9.17) is 4.74 Å². The lowest BCUT2D eigenvalue weighted by Crippen LogP contribution is -2.47. The third-order valence-electron chi connectivity index (χ3n) is 5.74. The van der Waals surface area contributed by atoms with Crippen LogP contribution in [0.15, 0.2) is 73.1 Å². The lowest BCUT2D eigenvalue weighted by Gasteiger charge is -2.38. The maximum Gasteiger partial charge on any atom is 0.262 e. The number of carbonyl (C=O) groups excluding carboxylic acids is 1. The molecule has 4 rings (SSSR count). The number of aromatic nitrogens is 1. The fourth-order valence-electron chi connectivity index (χ4n) is 4.13. The number of nitrogens with zero attached hydrogens (tertiary/aromatic N) is 3. The molecule has 1 aliphatic heterocycles. The standard InChI is InChI=1S/C25H26FN3O2/c1-31-24-5-3-2-4-23(24)25(30)29(21-8-6-20(26)7-9-21)22-12-16-28(17-13-22)18-19-10-14-27-15-11-19/h2-11,14-15,22H,12-13,16-18H2,1H3. The van der Waals surface area contributed by atoms with Gasteiger partial charge in [-0.05, 0) is 66.9 Å². The van der Waals surface area contributed by atoms with Crippen LogP contribution in [0.3, 0.4) is 0 Å². The number of hydrogen-bond acceptors (Lipinski definition) is 4. The van der Waals surface area contributed by atoms with Crippen molar-refractivity contribution in [3.05, 3.63) is 90.0 Å². The second kappa shape index (κ2) is 9.71. The number of piperidine rings is 1. The van der Waals surface area contributed by atoms with E-state index in [1.54, 1.807) is 36.3 Å². The topological polar surface area (TPSA) is 45.7 Å². The first-order valence-corrected chi connectivity index (χ1v) is 10.5. The molecule has 3 aromatic rings. The van der Waals surface area contributed by atoms with Gasteiger partial charge in [0.15, 0.2) is 0 Å². The number of halogens is 1. The molecule has 0 unspecified atom stereocenters. The Balaban J connectivity index is 1.55. The molecule has 0 aliphatic carbocycles. The zero-order chi connectivity index (χ0) is 21.6. The summed E-state index contributed by atoms with van der Waals surface area (Å²) in [4.78, 5) is 21.9. The summed E-state index contributed by atoms with van der Waals surface area (Å²) in [7, 11) is 1.56. The van der Waals surface area contributed by atoms with Crippen molar-refractivity contribution in [3.8, 4) is 5.75 Å². The van der Waals surface area contributed by atoms with Crippen molar-refractivity contribution in [1.29, 1.82) is 0 Å². The van der Waals surface area contributed by atoms with E-state index < -0.39 is 0 Å². The van der Waals surface area contributed by atoms with Crippen LogP contribution in [-0.2, 0) is 6.54 Å². The number of likely N-dealkylation sites (tertiary alicyclic amines) is 1. The van der Waals surface area contributed by atoms with E-state index in [0.29, 0.717) is 17.0 Å². The molecule has 160 valence electrons. The Bertz CT molecular complexity index is 1000. The zero-order valence-electron chi connectivity index (χ0n) is 17.6. The van der Waals surface area contributed by atoms with Gasteiger partial charge >= 0.3 is 0 Å². The molecule has 1 fully saturated rings. The van der Waals surface area contributed by atoms with Crippen molar-refractivity contribution in [2.24, 2.45) is 0 Å². The van der Waals surface area contributed by atoms with E-state index >= 15 is 0 Å². The molecule has 0 spiro atoms. The number of carbonyl (C=O) groups is 1. The van der Waals surface area contributed by atoms with Crippen molar-refractivity contribution in [3.63, 3.8) is 0 Å². The van der Waals surface area contributed by atoms with Crippen LogP contribution in [-0.4, -0.2) is 42.0 Å². The molecule has 0 bridgehead atoms. The van der Waals surface area contributed by atoms with E-state index in [9.17, 15) is 9.18 Å². The van der Waals surface area contributed by atoms with Gasteiger partial charge in [-0.25, -0.2) is 4.39 Å². The minimum absolute atomic E-state index is 0.0246. The molecule has 2 aromatic carbocycles. The minimum atomic E-state index is -0.319. The monoisotopic (exact) mass is 419 g/mol. The normalized spacial score (nSPS) is 14.9. The first-order valence-electron chi connectivity index (χ1n) is 10.5. The summed E-state index contributed by atoms with van der Waals surface area (Å²) in [5.74, 6) is 0.0898. The Hall–Kier alpha value is -3.25. The van der Waals surface area contributed by atoms with Gasteiger partial charge in [-0.3, -0.25) is 14.7 Å². The average molecular weight is 420 g/mol. The van der Waals surface area contributed by atoms with Gasteiger partial charge < -0.3 is 9.64 Å². The lowest BCUT2D eigenvalue weighted by atomic mass is 10.00. The molecular weight excluding hydrogens is 393 g/mol. The van der Waals surface area contributed by atoms with Crippen LogP contribution in [0.4, 0.5) is 10.1 Å². The highest BCUT2D eigenvalue weighted by Gasteiger charge is 2.31. The van der Waals surface area contributed by atoms with Crippen LogP contribution >= 0.6 is 0 Å². The molecule has 31 heavy (non-hydrogen) atoms. The second-order valence-corrected chi connectivity index (χ2v) is 7.71. The molecule has 5 nitrogen and oxygen atoms in total. The molecule has 0 atom stereocenters. The summed E-state index contributed by atoms with van der Waals surface area (Å²) in [5, 5.41) is 0. The second-order valence-electron chi connectivity index (χ2n) is 7.71. The number of para-hydroxylation sites is 1. The van der Waals surface area contributed by atoms with E-state index in [-0.39, 0.29) is 17.8 Å². The van der Waals surface area contributed by atoms with Crippen molar-refractivity contribution in [2.45, 2.75) is 25.4 Å². The number of hydrogen-bond donors (Lipinski definition) is 0. The number of benzene rings is 2. The lowest BCUT2D eigenvalue weighted by molar-refractivity contribution is 0.0955. The van der Waals surface area contributed by atoms with Gasteiger partial charge in [-0.2, -0.15) is 0 Å². The summed E-state index contributed by atoms with van der Waals surface area (Å²) >= 11 is 0. The van der Waals surface area contributed by atoms with Gasteiger partial charge in [-0.15, -0.1) is 0 Å². The van der Waals surface area contributed by atoms with Gasteiger partial charge in [0.1, 0.15) is 11.6 Å². The van der Waals surface area contributed by atoms with Gasteiger partial charge in [0.25, 0.3) is 5.91 Å². The summed E-state index contributed by atoms with van der Waals surface area (Å²) in [6.45, 7) is 2.63. The fraction of sp³-hybridized carbons (Fsp3) is 0.280. The van der Waals surface area contributed by atoms with E-state index in [2.05, 4.69) is 9.88 Å². The van der Waals surface area contributed by atoms with Crippen LogP contribution in [0.25, 0.3) is 0 Å². The van der Waals surface area contributed by atoms with Gasteiger partial charge in [0.05, 0.1) is 12.7 Å². The van der Waals surface area contributed by atoms with Crippen LogP contribution in [0.2, 0.25) is 0 Å². The molecule has 2 heterocycles. The minimum Gasteiger partial charge on any atom is -0.496 e. The largest absolute Gasteiger partial charge is 0.496 e. The van der Waals surface area contributed by atoms with Gasteiger partial charge in [-0.1, -0.05) is 12.1 Å². The fourth-order valence-corrected chi connectivity index (χ4v) is 4.13. The van der Waals surface area contributed by atoms with Gasteiger partial charge in [0.2, 0.25) is 0 Å². The van der Waals surface area contributed by atoms with Crippen LogP contribution in [0.5, 0.6) is 5.75 Å². The number of anilines is 1. The number of amides is 1. The summed E-state index contributed by atoms with van der Waals surface area (Å²) in [6, 6.07) is 17.5. The zero-order valence-corrected chi connectivity index (χ0v) is 17.6. The van der Waals surface area contributed by atoms with E-state index in [0.717, 1.165) is 32.5 Å². The predicted molar refractivity (Wildman–Crippen MR) is 119 cm³/mol. The highest BCUT2D eigenvalue weighted by Crippen LogP contribution is 2.29. The van der Waals surface area contributed by atoms with Crippen molar-refractivity contribution in [1.82, 2.24) is 9.88 Å². The van der Waals surface area contributed by atoms with Crippen molar-refractivity contribution >= 4 is 11.6 Å². The Labute approximate surface area is 182 Å². The molecular formula is C25H26FN3O2. The Morgan fingerprint density at radius 3 is 2.42 bits per heavy atom. The predicted octanol–water partition coefficient (Wildman–Crippen LogP) is 4.54. The number of rotatable bonds is 6. The van der Waals surface area contributed by atoms with Crippen LogP contribution in [0.1, 0.15) is 28.8 Å². The molecule has 1 aromatic heterocycles. The average Bonchev–Trinajstić information content (AvgIpc) is 2.82. The molecule has 1 saturated heterocycles. The molecule has 1 aliphatic rings. The van der Waals surface area contributed by atoms with E-state index in [1.807, 2.05) is 36.7 Å². The SMILES string of the molecule is COc1ccccc1C(=O)N(c1ccc(F)cc1)C1CCN(Cc2ccncc2)CC1. The molecule has 1 amide bonds. The smallest absolute Gasteiger partial charge is 0.262 e. The highest BCUT2D eigenvalue weighted by molar-refractivity contribution is 6.08. The van der Waals surface area contributed by atoms with Crippen molar-refractivity contribution < 1.29 is 13.9 Å².